The van der Waals surface area contributed by atoms with Crippen molar-refractivity contribution in [2.24, 2.45) is 0 Å². The number of hydrogen-bond acceptors (Lipinski definition) is 2. The average Bonchev–Trinajstić information content (AvgIpc) is 1.85. The average molecular weight is 114 g/mol. The minimum atomic E-state index is 0.215. The van der Waals surface area contributed by atoms with Gasteiger partial charge >= 0.3 is 0 Å². The van der Waals surface area contributed by atoms with Gasteiger partial charge in [0.1, 0.15) is 0 Å². The predicted octanol–water partition coefficient (Wildman–Crippen LogP) is -0.652. The highest BCUT2D eigenvalue weighted by atomic mass is 16.2. The van der Waals surface area contributed by atoms with Gasteiger partial charge in [-0.3, -0.25) is 9.69 Å². The van der Waals surface area contributed by atoms with Gasteiger partial charge in [-0.1, -0.05) is 0 Å². The number of likely N-dealkylation sites (N-methyl/N-ethyl adjacent to an activating group) is 2. The maximum Gasteiger partial charge on any atom is 0.237 e. The van der Waals surface area contributed by atoms with Crippen LogP contribution in [0, 0.1) is 0 Å². The van der Waals surface area contributed by atoms with Gasteiger partial charge in [-0.25, -0.2) is 0 Å². The van der Waals surface area contributed by atoms with Crippen molar-refractivity contribution >= 4 is 5.91 Å². The highest BCUT2D eigenvalue weighted by Gasteiger charge is 2.19. The van der Waals surface area contributed by atoms with Crippen molar-refractivity contribution in [3.63, 3.8) is 0 Å². The van der Waals surface area contributed by atoms with Crippen molar-refractivity contribution in [3.05, 3.63) is 0 Å². The fourth-order valence-corrected chi connectivity index (χ4v) is 0.843. The summed E-state index contributed by atoms with van der Waals surface area (Å²) in [5.41, 5.74) is 0. The molecule has 0 bridgehead atoms. The van der Waals surface area contributed by atoms with Gasteiger partial charge in [0, 0.05) is 7.05 Å². The molecule has 0 aromatic rings. The first-order chi connectivity index (χ1) is 3.70. The molecule has 3 heteroatoms. The van der Waals surface area contributed by atoms with Gasteiger partial charge in [-0.05, 0) is 7.05 Å². The van der Waals surface area contributed by atoms with Crippen molar-refractivity contribution in [2.45, 2.75) is 0 Å². The number of rotatable bonds is 0. The maximum absolute atomic E-state index is 10.7. The standard InChI is InChI=1S/C5H10N2O/c1-6-3-5(8)7(2)4-6/h3-4H2,1-2H3. The second kappa shape index (κ2) is 1.74. The van der Waals surface area contributed by atoms with E-state index in [1.54, 1.807) is 4.90 Å². The van der Waals surface area contributed by atoms with Crippen LogP contribution < -0.4 is 0 Å². The summed E-state index contributed by atoms with van der Waals surface area (Å²) in [5, 5.41) is 0. The zero-order chi connectivity index (χ0) is 6.15. The summed E-state index contributed by atoms with van der Waals surface area (Å²) in [6.07, 6.45) is 0. The van der Waals surface area contributed by atoms with E-state index in [1.165, 1.54) is 0 Å². The summed E-state index contributed by atoms with van der Waals surface area (Å²) >= 11 is 0. The number of hydrogen-bond donors (Lipinski definition) is 0. The molecular weight excluding hydrogens is 104 g/mol. The van der Waals surface area contributed by atoms with E-state index in [0.717, 1.165) is 6.67 Å². The normalized spacial score (nSPS) is 22.8. The van der Waals surface area contributed by atoms with Gasteiger partial charge in [0.25, 0.3) is 0 Å². The highest BCUT2D eigenvalue weighted by molar-refractivity contribution is 5.79. The van der Waals surface area contributed by atoms with E-state index in [-0.39, 0.29) is 5.91 Å². The third-order valence-corrected chi connectivity index (χ3v) is 1.28. The minimum Gasteiger partial charge on any atom is -0.332 e. The third kappa shape index (κ3) is 0.816. The van der Waals surface area contributed by atoms with E-state index >= 15 is 0 Å². The topological polar surface area (TPSA) is 23.6 Å². The van der Waals surface area contributed by atoms with E-state index in [4.69, 9.17) is 0 Å². The molecule has 0 saturated carbocycles. The Kier molecular flexibility index (Phi) is 1.21. The van der Waals surface area contributed by atoms with Crippen molar-refractivity contribution in [3.8, 4) is 0 Å². The molecule has 0 unspecified atom stereocenters. The van der Waals surface area contributed by atoms with Crippen LogP contribution in [0.1, 0.15) is 0 Å². The maximum atomic E-state index is 10.7. The first-order valence-electron chi connectivity index (χ1n) is 2.62. The number of amides is 1. The van der Waals surface area contributed by atoms with Crippen LogP contribution in [0.3, 0.4) is 0 Å². The highest BCUT2D eigenvalue weighted by Crippen LogP contribution is 1.98. The Labute approximate surface area is 48.9 Å². The monoisotopic (exact) mass is 114 g/mol. The molecule has 1 aliphatic rings. The summed E-state index contributed by atoms with van der Waals surface area (Å²) in [6.45, 7) is 1.36. The molecule has 1 saturated heterocycles. The van der Waals surface area contributed by atoms with Gasteiger partial charge in [0.2, 0.25) is 5.91 Å². The number of nitrogens with zero attached hydrogens (tertiary/aromatic N) is 2. The molecule has 1 fully saturated rings. The Balaban J connectivity index is 2.51. The Morgan fingerprint density at radius 2 is 2.12 bits per heavy atom. The molecule has 0 N–H and O–H groups in total. The third-order valence-electron chi connectivity index (χ3n) is 1.28. The minimum absolute atomic E-state index is 0.215. The van der Waals surface area contributed by atoms with Gasteiger partial charge in [-0.2, -0.15) is 0 Å². The summed E-state index contributed by atoms with van der Waals surface area (Å²) < 4.78 is 0. The van der Waals surface area contributed by atoms with Crippen LogP contribution in [0.15, 0.2) is 0 Å². The molecule has 3 nitrogen and oxygen atoms in total. The quantitative estimate of drug-likeness (QED) is 0.417. The van der Waals surface area contributed by atoms with Crippen LogP contribution in [0.4, 0.5) is 0 Å². The molecule has 46 valence electrons. The van der Waals surface area contributed by atoms with Crippen LogP contribution in [0.2, 0.25) is 0 Å². The van der Waals surface area contributed by atoms with E-state index in [2.05, 4.69) is 0 Å². The molecule has 1 heterocycles. The fourth-order valence-electron chi connectivity index (χ4n) is 0.843. The molecule has 0 aliphatic carbocycles. The summed E-state index contributed by atoms with van der Waals surface area (Å²) in [4.78, 5) is 14.4. The molecule has 0 aromatic heterocycles. The molecular formula is C5H10N2O. The van der Waals surface area contributed by atoms with Crippen molar-refractivity contribution < 1.29 is 4.79 Å². The van der Waals surface area contributed by atoms with Gasteiger partial charge < -0.3 is 4.90 Å². The lowest BCUT2D eigenvalue weighted by Gasteiger charge is -2.06. The molecule has 0 atom stereocenters. The van der Waals surface area contributed by atoms with E-state index < -0.39 is 0 Å². The Morgan fingerprint density at radius 3 is 2.25 bits per heavy atom. The lowest BCUT2D eigenvalue weighted by atomic mass is 10.6. The van der Waals surface area contributed by atoms with Gasteiger partial charge in [0.05, 0.1) is 13.2 Å². The zero-order valence-electron chi connectivity index (χ0n) is 5.22. The lowest BCUT2D eigenvalue weighted by Crippen LogP contribution is -2.20. The largest absolute Gasteiger partial charge is 0.332 e. The van der Waals surface area contributed by atoms with Crippen LogP contribution in [0.5, 0.6) is 0 Å². The Hall–Kier alpha value is -0.570. The molecule has 0 radical (unpaired) electrons. The molecule has 0 spiro atoms. The number of carbonyl (C=O) groups is 1. The summed E-state index contributed by atoms with van der Waals surface area (Å²) in [5.74, 6) is 0.215. The van der Waals surface area contributed by atoms with Crippen molar-refractivity contribution in [2.75, 3.05) is 27.3 Å². The Bertz CT molecular complexity index is 113. The van der Waals surface area contributed by atoms with Crippen LogP contribution in [-0.2, 0) is 4.79 Å². The second-order valence-corrected chi connectivity index (χ2v) is 2.25. The zero-order valence-corrected chi connectivity index (χ0v) is 5.22. The number of carbonyl (C=O) groups excluding carboxylic acids is 1. The van der Waals surface area contributed by atoms with E-state index in [9.17, 15) is 4.79 Å². The SMILES string of the molecule is CN1CC(=O)N(C)C1. The lowest BCUT2D eigenvalue weighted by molar-refractivity contribution is -0.125. The van der Waals surface area contributed by atoms with Gasteiger partial charge in [-0.15, -0.1) is 0 Å². The van der Waals surface area contributed by atoms with Crippen molar-refractivity contribution in [1.82, 2.24) is 9.80 Å². The van der Waals surface area contributed by atoms with E-state index in [0.29, 0.717) is 6.54 Å². The predicted molar refractivity (Wildman–Crippen MR) is 30.3 cm³/mol. The molecule has 1 amide bonds. The van der Waals surface area contributed by atoms with Crippen LogP contribution in [0.25, 0.3) is 0 Å². The molecule has 1 rings (SSSR count). The molecule has 1 aliphatic heterocycles. The van der Waals surface area contributed by atoms with E-state index in [1.807, 2.05) is 19.0 Å². The smallest absolute Gasteiger partial charge is 0.237 e. The molecule has 0 aromatic carbocycles. The summed E-state index contributed by atoms with van der Waals surface area (Å²) in [6, 6.07) is 0. The van der Waals surface area contributed by atoms with Crippen LogP contribution in [-0.4, -0.2) is 43.0 Å². The first kappa shape index (κ1) is 5.56. The first-order valence-corrected chi connectivity index (χ1v) is 2.62. The van der Waals surface area contributed by atoms with Gasteiger partial charge in [0.15, 0.2) is 0 Å². The van der Waals surface area contributed by atoms with Crippen LogP contribution >= 0.6 is 0 Å². The second-order valence-electron chi connectivity index (χ2n) is 2.25. The summed E-state index contributed by atoms with van der Waals surface area (Å²) in [7, 11) is 3.74. The Morgan fingerprint density at radius 1 is 1.50 bits per heavy atom. The molecule has 8 heavy (non-hydrogen) atoms. The van der Waals surface area contributed by atoms with Crippen molar-refractivity contribution in [1.29, 1.82) is 0 Å². The fraction of sp³-hybridized carbons (Fsp3) is 0.800.